The lowest BCUT2D eigenvalue weighted by Crippen LogP contribution is -2.19. The van der Waals surface area contributed by atoms with Crippen LogP contribution in [0, 0.1) is 0 Å². The summed E-state index contributed by atoms with van der Waals surface area (Å²) in [5.41, 5.74) is 5.06. The van der Waals surface area contributed by atoms with Crippen molar-refractivity contribution in [3.05, 3.63) is 24.3 Å². The molecule has 3 nitrogen and oxygen atoms in total. The second-order valence-corrected chi connectivity index (χ2v) is 2.69. The van der Waals surface area contributed by atoms with Crippen LogP contribution in [0.4, 0.5) is 0 Å². The van der Waals surface area contributed by atoms with Crippen molar-refractivity contribution in [2.75, 3.05) is 6.54 Å². The van der Waals surface area contributed by atoms with E-state index in [0.717, 1.165) is 4.90 Å². The van der Waals surface area contributed by atoms with Gasteiger partial charge in [-0.2, -0.15) is 0 Å². The molecule has 0 aliphatic rings. The van der Waals surface area contributed by atoms with Gasteiger partial charge in [-0.15, -0.1) is 12.6 Å². The molecule has 0 amide bonds. The summed E-state index contributed by atoms with van der Waals surface area (Å²) < 4.78 is 4.82. The Morgan fingerprint density at radius 2 is 2.00 bits per heavy atom. The van der Waals surface area contributed by atoms with Crippen molar-refractivity contribution in [2.45, 2.75) is 4.90 Å². The quantitative estimate of drug-likeness (QED) is 0.406. The van der Waals surface area contributed by atoms with Gasteiger partial charge in [-0.1, -0.05) is 0 Å². The first kappa shape index (κ1) is 9.09. The first-order valence-electron chi connectivity index (χ1n) is 3.42. The molecule has 4 heteroatoms. The van der Waals surface area contributed by atoms with Crippen LogP contribution in [0.5, 0.6) is 5.75 Å². The van der Waals surface area contributed by atoms with Gasteiger partial charge in [0.25, 0.3) is 0 Å². The van der Waals surface area contributed by atoms with Crippen molar-refractivity contribution in [2.24, 2.45) is 5.73 Å². The molecule has 0 atom stereocenters. The maximum atomic E-state index is 10.7. The molecule has 64 valence electrons. The largest absolute Gasteiger partial charge is 0.426 e. The molecule has 0 spiro atoms. The maximum absolute atomic E-state index is 10.7. The van der Waals surface area contributed by atoms with E-state index >= 15 is 0 Å². The van der Waals surface area contributed by atoms with Gasteiger partial charge in [-0.3, -0.25) is 4.79 Å². The van der Waals surface area contributed by atoms with Gasteiger partial charge in [0.05, 0.1) is 6.54 Å². The predicted octanol–water partition coefficient (Wildman–Crippen LogP) is 0.839. The molecule has 0 unspecified atom stereocenters. The van der Waals surface area contributed by atoms with Crippen LogP contribution in [0.25, 0.3) is 0 Å². The van der Waals surface area contributed by atoms with Crippen LogP contribution in [0.15, 0.2) is 29.2 Å². The summed E-state index contributed by atoms with van der Waals surface area (Å²) in [4.78, 5) is 11.5. The first-order valence-corrected chi connectivity index (χ1v) is 3.87. The summed E-state index contributed by atoms with van der Waals surface area (Å²) >= 11 is 4.08. The summed E-state index contributed by atoms with van der Waals surface area (Å²) in [6, 6.07) is 6.80. The number of esters is 1. The van der Waals surface area contributed by atoms with Gasteiger partial charge in [0.1, 0.15) is 5.75 Å². The second-order valence-electron chi connectivity index (χ2n) is 2.17. The van der Waals surface area contributed by atoms with Crippen molar-refractivity contribution in [3.63, 3.8) is 0 Å². The highest BCUT2D eigenvalue weighted by atomic mass is 32.1. The smallest absolute Gasteiger partial charge is 0.325 e. The zero-order valence-corrected chi connectivity index (χ0v) is 7.25. The number of thiol groups is 1. The third-order valence-electron chi connectivity index (χ3n) is 1.24. The number of carbonyl (C=O) groups is 1. The summed E-state index contributed by atoms with van der Waals surface area (Å²) in [5, 5.41) is 0. The van der Waals surface area contributed by atoms with Crippen molar-refractivity contribution < 1.29 is 9.53 Å². The fourth-order valence-corrected chi connectivity index (χ4v) is 0.836. The molecule has 1 aromatic carbocycles. The van der Waals surface area contributed by atoms with Crippen molar-refractivity contribution in [3.8, 4) is 5.75 Å². The molecular weight excluding hydrogens is 174 g/mol. The predicted molar refractivity (Wildman–Crippen MR) is 48.4 cm³/mol. The van der Waals surface area contributed by atoms with E-state index in [0.29, 0.717) is 5.75 Å². The highest BCUT2D eigenvalue weighted by molar-refractivity contribution is 7.80. The van der Waals surface area contributed by atoms with Gasteiger partial charge in [-0.25, -0.2) is 0 Å². The summed E-state index contributed by atoms with van der Waals surface area (Å²) in [7, 11) is 0. The molecule has 0 heterocycles. The molecule has 1 rings (SSSR count). The van der Waals surface area contributed by atoms with Crippen LogP contribution >= 0.6 is 12.6 Å². The van der Waals surface area contributed by atoms with E-state index in [2.05, 4.69) is 12.6 Å². The molecule has 0 aliphatic carbocycles. The van der Waals surface area contributed by atoms with Crippen LogP contribution in [-0.4, -0.2) is 12.5 Å². The SMILES string of the molecule is NCC(=O)Oc1ccc(S)cc1. The summed E-state index contributed by atoms with van der Waals surface area (Å²) in [6.07, 6.45) is 0. The fraction of sp³-hybridized carbons (Fsp3) is 0.125. The second kappa shape index (κ2) is 4.13. The Labute approximate surface area is 75.9 Å². The molecule has 1 aromatic rings. The molecule has 0 fully saturated rings. The number of hydrogen-bond donors (Lipinski definition) is 2. The number of nitrogens with two attached hydrogens (primary N) is 1. The molecule has 0 saturated heterocycles. The van der Waals surface area contributed by atoms with Crippen molar-refractivity contribution in [1.82, 2.24) is 0 Å². The molecule has 0 aromatic heterocycles. The standard InChI is InChI=1S/C8H9NO2S/c9-5-8(10)11-6-1-3-7(12)4-2-6/h1-4,12H,5,9H2. The highest BCUT2D eigenvalue weighted by Gasteiger charge is 1.99. The number of hydrogen-bond acceptors (Lipinski definition) is 4. The minimum atomic E-state index is -0.443. The Bertz CT molecular complexity index is 271. The van der Waals surface area contributed by atoms with Crippen LogP contribution in [0.3, 0.4) is 0 Å². The van der Waals surface area contributed by atoms with E-state index in [1.165, 1.54) is 0 Å². The van der Waals surface area contributed by atoms with Crippen LogP contribution in [0.1, 0.15) is 0 Å². The van der Waals surface area contributed by atoms with Crippen molar-refractivity contribution in [1.29, 1.82) is 0 Å². The molecular formula is C8H9NO2S. The Kier molecular flexibility index (Phi) is 3.13. The van der Waals surface area contributed by atoms with E-state index < -0.39 is 5.97 Å². The Balaban J connectivity index is 2.64. The molecule has 0 bridgehead atoms. The lowest BCUT2D eigenvalue weighted by molar-refractivity contribution is -0.132. The average Bonchev–Trinajstić information content (AvgIpc) is 2.09. The van der Waals surface area contributed by atoms with E-state index in [-0.39, 0.29) is 6.54 Å². The Hall–Kier alpha value is -1.00. The van der Waals surface area contributed by atoms with E-state index in [1.54, 1.807) is 24.3 Å². The molecule has 12 heavy (non-hydrogen) atoms. The number of carbonyl (C=O) groups excluding carboxylic acids is 1. The number of ether oxygens (including phenoxy) is 1. The Morgan fingerprint density at radius 1 is 1.42 bits per heavy atom. The lowest BCUT2D eigenvalue weighted by Gasteiger charge is -2.01. The number of rotatable bonds is 2. The highest BCUT2D eigenvalue weighted by Crippen LogP contribution is 2.13. The van der Waals surface area contributed by atoms with Gasteiger partial charge >= 0.3 is 5.97 Å². The van der Waals surface area contributed by atoms with Crippen LogP contribution < -0.4 is 10.5 Å². The lowest BCUT2D eigenvalue weighted by atomic mass is 10.3. The van der Waals surface area contributed by atoms with E-state index in [1.807, 2.05) is 0 Å². The van der Waals surface area contributed by atoms with Crippen LogP contribution in [-0.2, 0) is 4.79 Å². The third-order valence-corrected chi connectivity index (χ3v) is 1.53. The van der Waals surface area contributed by atoms with Crippen molar-refractivity contribution >= 4 is 18.6 Å². The minimum absolute atomic E-state index is 0.109. The Morgan fingerprint density at radius 3 is 2.50 bits per heavy atom. The summed E-state index contributed by atoms with van der Waals surface area (Å²) in [5.74, 6) is 0.0464. The first-order chi connectivity index (χ1) is 5.72. The zero-order valence-electron chi connectivity index (χ0n) is 6.36. The maximum Gasteiger partial charge on any atom is 0.325 e. The zero-order chi connectivity index (χ0) is 8.97. The fourth-order valence-electron chi connectivity index (χ4n) is 0.687. The third kappa shape index (κ3) is 2.56. The molecule has 0 aliphatic heterocycles. The van der Waals surface area contributed by atoms with E-state index in [4.69, 9.17) is 10.5 Å². The molecule has 0 saturated carbocycles. The monoisotopic (exact) mass is 183 g/mol. The van der Waals surface area contributed by atoms with Gasteiger partial charge in [-0.05, 0) is 24.3 Å². The molecule has 0 radical (unpaired) electrons. The van der Waals surface area contributed by atoms with Crippen LogP contribution in [0.2, 0.25) is 0 Å². The minimum Gasteiger partial charge on any atom is -0.426 e. The number of benzene rings is 1. The normalized spacial score (nSPS) is 9.50. The van der Waals surface area contributed by atoms with Gasteiger partial charge in [0.2, 0.25) is 0 Å². The molecule has 2 N–H and O–H groups in total. The van der Waals surface area contributed by atoms with Gasteiger partial charge in [0.15, 0.2) is 0 Å². The summed E-state index contributed by atoms with van der Waals surface area (Å²) in [6.45, 7) is -0.109. The van der Waals surface area contributed by atoms with Gasteiger partial charge < -0.3 is 10.5 Å². The average molecular weight is 183 g/mol. The van der Waals surface area contributed by atoms with Gasteiger partial charge in [0, 0.05) is 4.90 Å². The van der Waals surface area contributed by atoms with E-state index in [9.17, 15) is 4.79 Å². The topological polar surface area (TPSA) is 52.3 Å².